The average Bonchev–Trinajstić information content (AvgIpc) is 3.20. The lowest BCUT2D eigenvalue weighted by molar-refractivity contribution is 0.0952. The minimum atomic E-state index is -0.148. The van der Waals surface area contributed by atoms with Crippen LogP contribution in [0.3, 0.4) is 0 Å². The topological polar surface area (TPSA) is 55.1 Å². The first-order valence-electron chi connectivity index (χ1n) is 7.43. The number of pyridine rings is 1. The van der Waals surface area contributed by atoms with Crippen molar-refractivity contribution in [1.82, 2.24) is 10.3 Å². The number of nitrogens with zero attached hydrogens (tertiary/aromatic N) is 1. The summed E-state index contributed by atoms with van der Waals surface area (Å²) in [4.78, 5) is 17.4. The smallest absolute Gasteiger partial charge is 0.261 e. The predicted octanol–water partition coefficient (Wildman–Crippen LogP) is 4.93. The normalized spacial score (nSPS) is 11.2. The third-order valence-electron chi connectivity index (χ3n) is 3.76. The van der Waals surface area contributed by atoms with Gasteiger partial charge in [-0.1, -0.05) is 29.8 Å². The van der Waals surface area contributed by atoms with E-state index in [9.17, 15) is 4.79 Å². The molecule has 1 N–H and O–H groups in total. The second-order valence-corrected chi connectivity index (χ2v) is 6.88. The number of furan rings is 1. The molecule has 0 aliphatic carbocycles. The third kappa shape index (κ3) is 2.66. The lowest BCUT2D eigenvalue weighted by Gasteiger charge is -2.00. The molecule has 0 fully saturated rings. The molecule has 120 valence electrons. The highest BCUT2D eigenvalue weighted by atomic mass is 35.5. The van der Waals surface area contributed by atoms with Crippen LogP contribution in [0.1, 0.15) is 21.2 Å². The number of aryl methyl sites for hydroxylation is 1. The van der Waals surface area contributed by atoms with E-state index >= 15 is 0 Å². The molecule has 4 nitrogen and oxygen atoms in total. The van der Waals surface area contributed by atoms with Crippen LogP contribution in [0.2, 0.25) is 5.15 Å². The Morgan fingerprint density at radius 2 is 2.08 bits per heavy atom. The SMILES string of the molecule is Cc1ccc(CNC(=O)c2cc3c(Cl)nc4ccccc4c3s2)o1. The Labute approximate surface area is 147 Å². The molecule has 4 rings (SSSR count). The minimum absolute atomic E-state index is 0.148. The maximum absolute atomic E-state index is 12.4. The summed E-state index contributed by atoms with van der Waals surface area (Å²) in [7, 11) is 0. The van der Waals surface area contributed by atoms with E-state index in [4.69, 9.17) is 16.0 Å². The zero-order chi connectivity index (χ0) is 16.7. The number of halogens is 1. The van der Waals surface area contributed by atoms with Crippen LogP contribution in [-0.4, -0.2) is 10.9 Å². The minimum Gasteiger partial charge on any atom is -0.465 e. The van der Waals surface area contributed by atoms with Crippen molar-refractivity contribution in [2.75, 3.05) is 0 Å². The number of carbonyl (C=O) groups excluding carboxylic acids is 1. The number of thiophene rings is 1. The summed E-state index contributed by atoms with van der Waals surface area (Å²) in [6, 6.07) is 13.3. The molecule has 0 aliphatic rings. The second-order valence-electron chi connectivity index (χ2n) is 5.47. The summed E-state index contributed by atoms with van der Waals surface area (Å²) in [6.07, 6.45) is 0. The molecule has 0 aliphatic heterocycles. The number of carbonyl (C=O) groups is 1. The average molecular weight is 357 g/mol. The van der Waals surface area contributed by atoms with E-state index in [1.807, 2.05) is 43.3 Å². The Morgan fingerprint density at radius 3 is 2.88 bits per heavy atom. The molecular weight excluding hydrogens is 344 g/mol. The van der Waals surface area contributed by atoms with Crippen LogP contribution in [0.15, 0.2) is 46.9 Å². The van der Waals surface area contributed by atoms with Crippen LogP contribution in [-0.2, 0) is 6.54 Å². The van der Waals surface area contributed by atoms with E-state index in [-0.39, 0.29) is 5.91 Å². The number of hydrogen-bond donors (Lipinski definition) is 1. The van der Waals surface area contributed by atoms with Crippen molar-refractivity contribution in [2.24, 2.45) is 0 Å². The quantitative estimate of drug-likeness (QED) is 0.529. The van der Waals surface area contributed by atoms with Crippen molar-refractivity contribution in [1.29, 1.82) is 0 Å². The number of fused-ring (bicyclic) bond motifs is 3. The van der Waals surface area contributed by atoms with Gasteiger partial charge in [-0.2, -0.15) is 0 Å². The summed E-state index contributed by atoms with van der Waals surface area (Å²) in [5.74, 6) is 1.41. The predicted molar refractivity (Wildman–Crippen MR) is 96.8 cm³/mol. The summed E-state index contributed by atoms with van der Waals surface area (Å²) < 4.78 is 6.44. The van der Waals surface area contributed by atoms with Crippen LogP contribution in [0.5, 0.6) is 0 Å². The highest BCUT2D eigenvalue weighted by molar-refractivity contribution is 7.21. The van der Waals surface area contributed by atoms with Gasteiger partial charge in [0.1, 0.15) is 16.7 Å². The van der Waals surface area contributed by atoms with Crippen molar-refractivity contribution in [3.05, 3.63) is 64.0 Å². The molecule has 0 bridgehead atoms. The molecule has 24 heavy (non-hydrogen) atoms. The lowest BCUT2D eigenvalue weighted by Crippen LogP contribution is -2.21. The molecular formula is C18H13ClN2O2S. The van der Waals surface area contributed by atoms with Crippen LogP contribution >= 0.6 is 22.9 Å². The number of benzene rings is 1. The lowest BCUT2D eigenvalue weighted by atomic mass is 10.2. The van der Waals surface area contributed by atoms with Crippen molar-refractivity contribution >= 4 is 49.8 Å². The van der Waals surface area contributed by atoms with Crippen molar-refractivity contribution in [3.63, 3.8) is 0 Å². The molecule has 3 heterocycles. The van der Waals surface area contributed by atoms with Gasteiger partial charge < -0.3 is 9.73 Å². The molecule has 4 aromatic rings. The Hall–Kier alpha value is -2.37. The molecule has 3 aromatic heterocycles. The fourth-order valence-electron chi connectivity index (χ4n) is 2.62. The fraction of sp³-hybridized carbons (Fsp3) is 0.111. The molecule has 0 saturated heterocycles. The number of aromatic nitrogens is 1. The Bertz CT molecular complexity index is 1070. The van der Waals surface area contributed by atoms with E-state index in [0.717, 1.165) is 32.5 Å². The molecule has 0 atom stereocenters. The molecule has 1 aromatic carbocycles. The number of para-hydroxylation sites is 1. The van der Waals surface area contributed by atoms with Gasteiger partial charge in [0.05, 0.1) is 16.9 Å². The molecule has 0 saturated carbocycles. The van der Waals surface area contributed by atoms with Crippen LogP contribution in [0, 0.1) is 6.92 Å². The Kier molecular flexibility index (Phi) is 3.75. The number of hydrogen-bond acceptors (Lipinski definition) is 4. The summed E-state index contributed by atoms with van der Waals surface area (Å²) in [5.41, 5.74) is 0.829. The van der Waals surface area contributed by atoms with E-state index < -0.39 is 0 Å². The van der Waals surface area contributed by atoms with Crippen LogP contribution in [0.25, 0.3) is 21.0 Å². The Balaban J connectivity index is 1.68. The zero-order valence-corrected chi connectivity index (χ0v) is 14.4. The van der Waals surface area contributed by atoms with Crippen molar-refractivity contribution in [2.45, 2.75) is 13.5 Å². The molecule has 0 spiro atoms. The maximum atomic E-state index is 12.4. The van der Waals surface area contributed by atoms with Gasteiger partial charge in [-0.25, -0.2) is 4.98 Å². The monoisotopic (exact) mass is 356 g/mol. The second kappa shape index (κ2) is 5.92. The van der Waals surface area contributed by atoms with Crippen LogP contribution < -0.4 is 5.32 Å². The highest BCUT2D eigenvalue weighted by Gasteiger charge is 2.15. The first kappa shape index (κ1) is 15.2. The van der Waals surface area contributed by atoms with Gasteiger partial charge in [-0.3, -0.25) is 4.79 Å². The van der Waals surface area contributed by atoms with Gasteiger partial charge in [0.25, 0.3) is 5.91 Å². The van der Waals surface area contributed by atoms with E-state index in [0.29, 0.717) is 16.6 Å². The van der Waals surface area contributed by atoms with Gasteiger partial charge in [-0.15, -0.1) is 11.3 Å². The summed E-state index contributed by atoms with van der Waals surface area (Å²) in [5, 5.41) is 5.10. The van der Waals surface area contributed by atoms with E-state index in [1.54, 1.807) is 6.07 Å². The standard InChI is InChI=1S/C18H13ClN2O2S/c1-10-6-7-11(23-10)9-20-18(22)15-8-13-16(24-15)12-4-2-3-5-14(12)21-17(13)19/h2-8H,9H2,1H3,(H,20,22). The van der Waals surface area contributed by atoms with Gasteiger partial charge in [-0.05, 0) is 31.2 Å². The number of rotatable bonds is 3. The number of nitrogens with one attached hydrogen (secondary N) is 1. The fourth-order valence-corrected chi connectivity index (χ4v) is 4.03. The highest BCUT2D eigenvalue weighted by Crippen LogP contribution is 2.35. The molecule has 6 heteroatoms. The Morgan fingerprint density at radius 1 is 1.25 bits per heavy atom. The first-order valence-corrected chi connectivity index (χ1v) is 8.62. The first-order chi connectivity index (χ1) is 11.6. The summed E-state index contributed by atoms with van der Waals surface area (Å²) >= 11 is 7.70. The largest absolute Gasteiger partial charge is 0.465 e. The van der Waals surface area contributed by atoms with Gasteiger partial charge in [0.2, 0.25) is 0 Å². The molecule has 0 unspecified atom stereocenters. The van der Waals surface area contributed by atoms with Gasteiger partial charge in [0, 0.05) is 15.5 Å². The van der Waals surface area contributed by atoms with E-state index in [1.165, 1.54) is 11.3 Å². The van der Waals surface area contributed by atoms with Gasteiger partial charge in [0.15, 0.2) is 0 Å². The summed E-state index contributed by atoms with van der Waals surface area (Å²) in [6.45, 7) is 2.23. The van der Waals surface area contributed by atoms with Gasteiger partial charge >= 0.3 is 0 Å². The van der Waals surface area contributed by atoms with Crippen molar-refractivity contribution < 1.29 is 9.21 Å². The zero-order valence-electron chi connectivity index (χ0n) is 12.8. The van der Waals surface area contributed by atoms with E-state index in [2.05, 4.69) is 10.3 Å². The maximum Gasteiger partial charge on any atom is 0.261 e. The van der Waals surface area contributed by atoms with Crippen molar-refractivity contribution in [3.8, 4) is 0 Å². The third-order valence-corrected chi connectivity index (χ3v) is 5.22. The van der Waals surface area contributed by atoms with Crippen LogP contribution in [0.4, 0.5) is 0 Å². The molecule has 0 radical (unpaired) electrons. The number of amides is 1. The molecule has 1 amide bonds.